The fourth-order valence-electron chi connectivity index (χ4n) is 2.70. The molecule has 0 aliphatic carbocycles. The molecule has 0 aliphatic heterocycles. The van der Waals surface area contributed by atoms with Crippen molar-refractivity contribution in [1.29, 1.82) is 0 Å². The first-order chi connectivity index (χ1) is 10.5. The van der Waals surface area contributed by atoms with Crippen LogP contribution in [-0.2, 0) is 19.1 Å². The normalized spacial score (nSPS) is 15.4. The highest BCUT2D eigenvalue weighted by Gasteiger charge is 2.28. The van der Waals surface area contributed by atoms with Gasteiger partial charge in [0.1, 0.15) is 11.9 Å². The Balaban J connectivity index is 4.55. The molecule has 0 aliphatic rings. The lowest BCUT2D eigenvalue weighted by Crippen LogP contribution is -2.47. The first-order valence-electron chi connectivity index (χ1n) is 8.13. The molecule has 0 saturated heterocycles. The van der Waals surface area contributed by atoms with E-state index in [2.05, 4.69) is 5.32 Å². The van der Waals surface area contributed by atoms with E-state index in [1.807, 2.05) is 6.92 Å². The van der Waals surface area contributed by atoms with Gasteiger partial charge >= 0.3 is 5.97 Å². The van der Waals surface area contributed by atoms with Crippen LogP contribution in [0.1, 0.15) is 67.2 Å². The predicted molar refractivity (Wildman–Crippen MR) is 87.8 cm³/mol. The Labute approximate surface area is 139 Å². The van der Waals surface area contributed by atoms with Gasteiger partial charge < -0.3 is 15.2 Å². The van der Waals surface area contributed by atoms with Crippen molar-refractivity contribution in [1.82, 2.24) is 5.32 Å². The van der Waals surface area contributed by atoms with Crippen molar-refractivity contribution in [3.05, 3.63) is 0 Å². The molecule has 0 heterocycles. The zero-order valence-electron chi connectivity index (χ0n) is 15.1. The maximum absolute atomic E-state index is 12.4. The summed E-state index contributed by atoms with van der Waals surface area (Å²) in [6, 6.07) is 0. The van der Waals surface area contributed by atoms with Crippen molar-refractivity contribution in [2.75, 3.05) is 0 Å². The van der Waals surface area contributed by atoms with Gasteiger partial charge in [-0.2, -0.15) is 0 Å². The number of rotatable bonds is 10. The number of Topliss-reactive ketones (excluding diaryl/α,β-unsaturated/α-hetero) is 1. The summed E-state index contributed by atoms with van der Waals surface area (Å²) in [7, 11) is 0. The lowest BCUT2D eigenvalue weighted by atomic mass is 9.92. The van der Waals surface area contributed by atoms with E-state index in [9.17, 15) is 19.5 Å². The highest BCUT2D eigenvalue weighted by Crippen LogP contribution is 2.18. The van der Waals surface area contributed by atoms with Crippen molar-refractivity contribution in [2.24, 2.45) is 5.92 Å². The van der Waals surface area contributed by atoms with Crippen molar-refractivity contribution in [3.8, 4) is 0 Å². The average Bonchev–Trinajstić information content (AvgIpc) is 2.31. The maximum Gasteiger partial charge on any atom is 0.302 e. The first kappa shape index (κ1) is 21.6. The summed E-state index contributed by atoms with van der Waals surface area (Å²) < 4.78 is 4.98. The number of amides is 1. The number of carbonyl (C=O) groups excluding carboxylic acids is 3. The second kappa shape index (κ2) is 9.65. The number of aliphatic hydroxyl groups is 1. The van der Waals surface area contributed by atoms with Gasteiger partial charge in [0.05, 0.1) is 6.10 Å². The van der Waals surface area contributed by atoms with Gasteiger partial charge in [-0.1, -0.05) is 6.92 Å². The molecule has 23 heavy (non-hydrogen) atoms. The van der Waals surface area contributed by atoms with Crippen LogP contribution in [0.2, 0.25) is 0 Å². The highest BCUT2D eigenvalue weighted by molar-refractivity contribution is 5.81. The number of ketones is 1. The van der Waals surface area contributed by atoms with Gasteiger partial charge in [-0.3, -0.25) is 14.4 Å². The van der Waals surface area contributed by atoms with Crippen LogP contribution in [-0.4, -0.2) is 40.5 Å². The Morgan fingerprint density at radius 2 is 1.74 bits per heavy atom. The molecule has 0 aromatic rings. The largest absolute Gasteiger partial charge is 0.463 e. The van der Waals surface area contributed by atoms with E-state index < -0.39 is 17.7 Å². The Kier molecular flexibility index (Phi) is 9.05. The van der Waals surface area contributed by atoms with Gasteiger partial charge in [0.25, 0.3) is 0 Å². The molecule has 0 aromatic heterocycles. The van der Waals surface area contributed by atoms with Crippen LogP contribution in [0.25, 0.3) is 0 Å². The van der Waals surface area contributed by atoms with Gasteiger partial charge in [-0.25, -0.2) is 0 Å². The molecule has 0 radical (unpaired) electrons. The van der Waals surface area contributed by atoms with E-state index in [0.29, 0.717) is 19.3 Å². The zero-order chi connectivity index (χ0) is 18.2. The quantitative estimate of drug-likeness (QED) is 0.598. The molecule has 2 N–H and O–H groups in total. The topological polar surface area (TPSA) is 92.7 Å². The number of carbonyl (C=O) groups is 3. The Bertz CT molecular complexity index is 419. The fraction of sp³-hybridized carbons (Fsp3) is 0.824. The second-order valence-electron chi connectivity index (χ2n) is 6.90. The van der Waals surface area contributed by atoms with Crippen LogP contribution in [0, 0.1) is 5.92 Å². The third-order valence-electron chi connectivity index (χ3n) is 3.54. The summed E-state index contributed by atoms with van der Waals surface area (Å²) >= 11 is 0. The van der Waals surface area contributed by atoms with Crippen molar-refractivity contribution in [2.45, 2.75) is 85.0 Å². The van der Waals surface area contributed by atoms with Crippen molar-refractivity contribution >= 4 is 17.7 Å². The third-order valence-corrected chi connectivity index (χ3v) is 3.54. The SMILES string of the molecule is CCC(CC(O)CC(C)OC(C)=O)C(=O)NC(C)(C)CC(C)=O. The van der Waals surface area contributed by atoms with Crippen LogP contribution in [0.4, 0.5) is 0 Å². The number of ether oxygens (including phenoxy) is 1. The van der Waals surface area contributed by atoms with Crippen molar-refractivity contribution in [3.63, 3.8) is 0 Å². The standard InChI is InChI=1S/C17H31NO5/c1-7-14(9-15(21)8-12(3)23-13(4)20)16(22)18-17(5,6)10-11(2)19/h12,14-15,21H,7-10H2,1-6H3,(H,18,22). The summed E-state index contributed by atoms with van der Waals surface area (Å²) in [5.74, 6) is -0.891. The van der Waals surface area contributed by atoms with Crippen molar-refractivity contribution < 1.29 is 24.2 Å². The minimum atomic E-state index is -0.726. The van der Waals surface area contributed by atoms with E-state index in [0.717, 1.165) is 0 Å². The molecule has 0 fully saturated rings. The molecule has 134 valence electrons. The van der Waals surface area contributed by atoms with Gasteiger partial charge in [-0.15, -0.1) is 0 Å². The zero-order valence-corrected chi connectivity index (χ0v) is 15.1. The number of nitrogens with one attached hydrogen (secondary N) is 1. The minimum Gasteiger partial charge on any atom is -0.463 e. The average molecular weight is 329 g/mol. The number of esters is 1. The fourth-order valence-corrected chi connectivity index (χ4v) is 2.70. The molecule has 6 heteroatoms. The predicted octanol–water partition coefficient (Wildman–Crippen LogP) is 1.98. The minimum absolute atomic E-state index is 0.0126. The van der Waals surface area contributed by atoms with Gasteiger partial charge in [0.15, 0.2) is 0 Å². The van der Waals surface area contributed by atoms with Gasteiger partial charge in [0, 0.05) is 31.2 Å². The molecule has 1 amide bonds. The Morgan fingerprint density at radius 3 is 2.17 bits per heavy atom. The van der Waals surface area contributed by atoms with Crippen LogP contribution >= 0.6 is 0 Å². The smallest absolute Gasteiger partial charge is 0.302 e. The molecule has 0 saturated carbocycles. The summed E-state index contributed by atoms with van der Waals surface area (Å²) in [5, 5.41) is 13.0. The molecule has 6 nitrogen and oxygen atoms in total. The van der Waals surface area contributed by atoms with E-state index in [1.165, 1.54) is 13.8 Å². The summed E-state index contributed by atoms with van der Waals surface area (Å²) in [5.41, 5.74) is -0.605. The molecule has 0 aromatic carbocycles. The summed E-state index contributed by atoms with van der Waals surface area (Å²) in [4.78, 5) is 34.5. The molecule has 0 spiro atoms. The third kappa shape index (κ3) is 10.0. The molecular weight excluding hydrogens is 298 g/mol. The molecule has 3 unspecified atom stereocenters. The molecule has 0 bridgehead atoms. The number of hydrogen-bond donors (Lipinski definition) is 2. The summed E-state index contributed by atoms with van der Waals surface area (Å²) in [6.07, 6.45) is 0.320. The molecule has 3 atom stereocenters. The Hall–Kier alpha value is -1.43. The monoisotopic (exact) mass is 329 g/mol. The van der Waals surface area contributed by atoms with Crippen LogP contribution in [0.3, 0.4) is 0 Å². The lowest BCUT2D eigenvalue weighted by molar-refractivity contribution is -0.147. The van der Waals surface area contributed by atoms with Gasteiger partial charge in [0.2, 0.25) is 5.91 Å². The maximum atomic E-state index is 12.4. The van der Waals surface area contributed by atoms with Crippen LogP contribution in [0.15, 0.2) is 0 Å². The van der Waals surface area contributed by atoms with E-state index in [4.69, 9.17) is 4.74 Å². The van der Waals surface area contributed by atoms with E-state index in [1.54, 1.807) is 20.8 Å². The number of aliphatic hydroxyl groups excluding tert-OH is 1. The molecule has 0 rings (SSSR count). The van der Waals surface area contributed by atoms with E-state index >= 15 is 0 Å². The highest BCUT2D eigenvalue weighted by atomic mass is 16.5. The lowest BCUT2D eigenvalue weighted by Gasteiger charge is -2.28. The van der Waals surface area contributed by atoms with E-state index in [-0.39, 0.29) is 30.0 Å². The molecular formula is C17H31NO5. The Morgan fingerprint density at radius 1 is 1.17 bits per heavy atom. The first-order valence-corrected chi connectivity index (χ1v) is 8.13. The van der Waals surface area contributed by atoms with Crippen LogP contribution < -0.4 is 5.32 Å². The number of hydrogen-bond acceptors (Lipinski definition) is 5. The van der Waals surface area contributed by atoms with Crippen LogP contribution in [0.5, 0.6) is 0 Å². The van der Waals surface area contributed by atoms with Gasteiger partial charge in [-0.05, 0) is 40.5 Å². The second-order valence-corrected chi connectivity index (χ2v) is 6.90. The summed E-state index contributed by atoms with van der Waals surface area (Å²) in [6.45, 7) is 10.0.